The maximum absolute atomic E-state index is 12.4. The summed E-state index contributed by atoms with van der Waals surface area (Å²) in [6.45, 7) is 2.98. The number of hydrogen-bond donors (Lipinski definition) is 1. The highest BCUT2D eigenvalue weighted by Crippen LogP contribution is 2.23. The third-order valence-corrected chi connectivity index (χ3v) is 4.02. The maximum Gasteiger partial charge on any atom is 0.308 e. The van der Waals surface area contributed by atoms with Crippen LogP contribution in [0.5, 0.6) is 0 Å². The number of nitrogens with zero attached hydrogens (tertiary/aromatic N) is 2. The molecule has 0 aromatic heterocycles. The summed E-state index contributed by atoms with van der Waals surface area (Å²) < 4.78 is 0. The average molecular weight is 268 g/mol. The van der Waals surface area contributed by atoms with Crippen LogP contribution in [-0.2, 0) is 14.4 Å². The summed E-state index contributed by atoms with van der Waals surface area (Å²) in [6, 6.07) is -0.384. The van der Waals surface area contributed by atoms with Crippen LogP contribution in [0.1, 0.15) is 32.6 Å². The summed E-state index contributed by atoms with van der Waals surface area (Å²) >= 11 is 0. The lowest BCUT2D eigenvalue weighted by Crippen LogP contribution is -2.51. The minimum Gasteiger partial charge on any atom is -0.481 e. The van der Waals surface area contributed by atoms with Crippen LogP contribution in [0.25, 0.3) is 0 Å². The van der Waals surface area contributed by atoms with Gasteiger partial charge in [-0.3, -0.25) is 14.4 Å². The van der Waals surface area contributed by atoms with Crippen molar-refractivity contribution in [2.45, 2.75) is 38.6 Å². The van der Waals surface area contributed by atoms with Crippen LogP contribution in [-0.4, -0.2) is 58.4 Å². The van der Waals surface area contributed by atoms with Gasteiger partial charge in [0, 0.05) is 26.6 Å². The van der Waals surface area contributed by atoms with E-state index in [4.69, 9.17) is 5.11 Å². The van der Waals surface area contributed by atoms with Gasteiger partial charge in [-0.05, 0) is 25.7 Å². The van der Waals surface area contributed by atoms with Crippen molar-refractivity contribution >= 4 is 17.8 Å². The summed E-state index contributed by atoms with van der Waals surface area (Å²) in [5.41, 5.74) is 0. The topological polar surface area (TPSA) is 77.9 Å². The molecule has 19 heavy (non-hydrogen) atoms. The molecule has 2 aliphatic heterocycles. The van der Waals surface area contributed by atoms with Crippen molar-refractivity contribution < 1.29 is 19.5 Å². The first-order chi connectivity index (χ1) is 9.00. The Bertz CT molecular complexity index is 396. The predicted octanol–water partition coefficient (Wildman–Crippen LogP) is 0.320. The fourth-order valence-electron chi connectivity index (χ4n) is 2.99. The summed E-state index contributed by atoms with van der Waals surface area (Å²) in [6.07, 6.45) is 2.87. The maximum atomic E-state index is 12.4. The van der Waals surface area contributed by atoms with Crippen LogP contribution >= 0.6 is 0 Å². The molecule has 2 amide bonds. The van der Waals surface area contributed by atoms with Crippen LogP contribution in [0.2, 0.25) is 0 Å². The highest BCUT2D eigenvalue weighted by atomic mass is 16.4. The monoisotopic (exact) mass is 268 g/mol. The first kappa shape index (κ1) is 13.8. The molecule has 2 aliphatic rings. The number of carbonyl (C=O) groups excluding carboxylic acids is 2. The number of aliphatic carboxylic acids is 1. The Kier molecular flexibility index (Phi) is 4.07. The van der Waals surface area contributed by atoms with Crippen LogP contribution in [0, 0.1) is 5.92 Å². The quantitative estimate of drug-likeness (QED) is 0.782. The van der Waals surface area contributed by atoms with Crippen LogP contribution < -0.4 is 0 Å². The molecule has 0 unspecified atom stereocenters. The Balaban J connectivity index is 2.02. The third-order valence-electron chi connectivity index (χ3n) is 4.02. The molecular formula is C13H20N2O4. The lowest BCUT2D eigenvalue weighted by Gasteiger charge is -2.34. The molecule has 2 saturated heterocycles. The van der Waals surface area contributed by atoms with E-state index in [-0.39, 0.29) is 24.4 Å². The lowest BCUT2D eigenvalue weighted by atomic mass is 9.97. The van der Waals surface area contributed by atoms with E-state index in [1.54, 1.807) is 9.80 Å². The standard InChI is InChI=1S/C13H20N2O4/c1-9(16)15-7-3-5-11(15)12(17)14-6-2-4-10(8-14)13(18)19/h10-11H,2-8H2,1H3,(H,18,19)/t10-,11+/m0/s1. The van der Waals surface area contributed by atoms with Gasteiger partial charge in [0.05, 0.1) is 5.92 Å². The highest BCUT2D eigenvalue weighted by molar-refractivity contribution is 5.88. The SMILES string of the molecule is CC(=O)N1CCC[C@@H]1C(=O)N1CCC[C@H](C(=O)O)C1. The zero-order valence-electron chi connectivity index (χ0n) is 11.2. The number of carboxylic acids is 1. The molecule has 2 atom stereocenters. The Morgan fingerprint density at radius 2 is 1.79 bits per heavy atom. The van der Waals surface area contributed by atoms with E-state index in [1.165, 1.54) is 6.92 Å². The van der Waals surface area contributed by atoms with Crippen molar-refractivity contribution in [1.82, 2.24) is 9.80 Å². The van der Waals surface area contributed by atoms with Crippen molar-refractivity contribution in [1.29, 1.82) is 0 Å². The van der Waals surface area contributed by atoms with Crippen molar-refractivity contribution in [2.75, 3.05) is 19.6 Å². The average Bonchev–Trinajstić information content (AvgIpc) is 2.87. The van der Waals surface area contributed by atoms with Gasteiger partial charge in [-0.1, -0.05) is 0 Å². The van der Waals surface area contributed by atoms with E-state index >= 15 is 0 Å². The minimum absolute atomic E-state index is 0.0809. The Morgan fingerprint density at radius 3 is 2.42 bits per heavy atom. The third kappa shape index (κ3) is 2.88. The van der Waals surface area contributed by atoms with Crippen LogP contribution in [0.3, 0.4) is 0 Å². The van der Waals surface area contributed by atoms with E-state index in [0.717, 1.165) is 12.8 Å². The van der Waals surface area contributed by atoms with Gasteiger partial charge in [0.1, 0.15) is 6.04 Å². The first-order valence-electron chi connectivity index (χ1n) is 6.79. The van der Waals surface area contributed by atoms with Gasteiger partial charge in [0.25, 0.3) is 0 Å². The number of amides is 2. The summed E-state index contributed by atoms with van der Waals surface area (Å²) in [5.74, 6) is -1.47. The molecule has 6 heteroatoms. The smallest absolute Gasteiger partial charge is 0.308 e. The molecule has 6 nitrogen and oxygen atoms in total. The van der Waals surface area contributed by atoms with E-state index in [2.05, 4.69) is 0 Å². The molecular weight excluding hydrogens is 248 g/mol. The van der Waals surface area contributed by atoms with Crippen molar-refractivity contribution in [3.63, 3.8) is 0 Å². The summed E-state index contributed by atoms with van der Waals surface area (Å²) in [5, 5.41) is 9.04. The fraction of sp³-hybridized carbons (Fsp3) is 0.769. The van der Waals surface area contributed by atoms with Gasteiger partial charge in [-0.2, -0.15) is 0 Å². The Hall–Kier alpha value is -1.59. The molecule has 0 spiro atoms. The highest BCUT2D eigenvalue weighted by Gasteiger charge is 2.37. The zero-order valence-corrected chi connectivity index (χ0v) is 11.2. The molecule has 0 aromatic carbocycles. The van der Waals surface area contributed by atoms with E-state index in [9.17, 15) is 14.4 Å². The largest absolute Gasteiger partial charge is 0.481 e. The molecule has 0 aliphatic carbocycles. The van der Waals surface area contributed by atoms with Gasteiger partial charge in [0.2, 0.25) is 11.8 Å². The lowest BCUT2D eigenvalue weighted by molar-refractivity contribution is -0.149. The van der Waals surface area contributed by atoms with Gasteiger partial charge < -0.3 is 14.9 Å². The number of hydrogen-bond acceptors (Lipinski definition) is 3. The number of piperidine rings is 1. The second-order valence-electron chi connectivity index (χ2n) is 5.33. The van der Waals surface area contributed by atoms with Crippen molar-refractivity contribution in [3.05, 3.63) is 0 Å². The second kappa shape index (κ2) is 5.59. The molecule has 106 valence electrons. The molecule has 0 saturated carbocycles. The molecule has 2 heterocycles. The van der Waals surface area contributed by atoms with Gasteiger partial charge in [-0.25, -0.2) is 0 Å². The number of rotatable bonds is 2. The van der Waals surface area contributed by atoms with Crippen molar-refractivity contribution in [2.24, 2.45) is 5.92 Å². The van der Waals surface area contributed by atoms with Gasteiger partial charge in [0.15, 0.2) is 0 Å². The second-order valence-corrected chi connectivity index (χ2v) is 5.33. The minimum atomic E-state index is -0.840. The van der Waals surface area contributed by atoms with E-state index in [1.807, 2.05) is 0 Å². The first-order valence-corrected chi connectivity index (χ1v) is 6.79. The van der Waals surface area contributed by atoms with E-state index < -0.39 is 11.9 Å². The fourth-order valence-corrected chi connectivity index (χ4v) is 2.99. The van der Waals surface area contributed by atoms with Gasteiger partial charge in [-0.15, -0.1) is 0 Å². The molecule has 0 radical (unpaired) electrons. The molecule has 0 bridgehead atoms. The van der Waals surface area contributed by atoms with Crippen molar-refractivity contribution in [3.8, 4) is 0 Å². The normalized spacial score (nSPS) is 27.4. The Labute approximate surface area is 112 Å². The Morgan fingerprint density at radius 1 is 1.11 bits per heavy atom. The number of carboxylic acid groups (broad SMARTS) is 1. The van der Waals surface area contributed by atoms with E-state index in [0.29, 0.717) is 25.9 Å². The molecule has 1 N–H and O–H groups in total. The van der Waals surface area contributed by atoms with Crippen LogP contribution in [0.4, 0.5) is 0 Å². The predicted molar refractivity (Wildman–Crippen MR) is 67.3 cm³/mol. The summed E-state index contributed by atoms with van der Waals surface area (Å²) in [7, 11) is 0. The molecule has 2 fully saturated rings. The van der Waals surface area contributed by atoms with Crippen LogP contribution in [0.15, 0.2) is 0 Å². The number of likely N-dealkylation sites (tertiary alicyclic amines) is 2. The van der Waals surface area contributed by atoms with Gasteiger partial charge >= 0.3 is 5.97 Å². The molecule has 0 aromatic rings. The molecule has 2 rings (SSSR count). The summed E-state index contributed by atoms with van der Waals surface area (Å²) in [4.78, 5) is 38.1. The number of carbonyl (C=O) groups is 3. The zero-order chi connectivity index (χ0) is 14.0.